The summed E-state index contributed by atoms with van der Waals surface area (Å²) < 4.78 is 3.73. The molecule has 5 aromatic rings. The van der Waals surface area contributed by atoms with E-state index in [-0.39, 0.29) is 0 Å². The monoisotopic (exact) mass is 353 g/mol. The highest BCUT2D eigenvalue weighted by molar-refractivity contribution is 7.20. The van der Waals surface area contributed by atoms with Crippen LogP contribution in [-0.4, -0.2) is 4.57 Å². The van der Waals surface area contributed by atoms with Crippen molar-refractivity contribution in [1.29, 1.82) is 0 Å². The number of allylic oxidation sites excluding steroid dienone is 2. The molecule has 0 amide bonds. The minimum atomic E-state index is 1.28. The summed E-state index contributed by atoms with van der Waals surface area (Å²) in [6.07, 6.45) is 6.10. The molecule has 0 unspecified atom stereocenters. The van der Waals surface area contributed by atoms with Gasteiger partial charge >= 0.3 is 0 Å². The molecule has 2 heteroatoms. The summed E-state index contributed by atoms with van der Waals surface area (Å²) in [6, 6.07) is 17.5. The lowest BCUT2D eigenvalue weighted by atomic mass is 9.98. The average molecular weight is 353 g/mol. The number of fused-ring (bicyclic) bond motifs is 8. The minimum Gasteiger partial charge on any atom is -0.343 e. The molecule has 0 fully saturated rings. The van der Waals surface area contributed by atoms with Crippen molar-refractivity contribution in [2.24, 2.45) is 7.05 Å². The van der Waals surface area contributed by atoms with Crippen LogP contribution in [0.4, 0.5) is 0 Å². The van der Waals surface area contributed by atoms with Crippen LogP contribution in [0.1, 0.15) is 10.4 Å². The van der Waals surface area contributed by atoms with E-state index in [4.69, 9.17) is 0 Å². The number of aromatic nitrogens is 1. The van der Waals surface area contributed by atoms with Gasteiger partial charge in [0, 0.05) is 49.1 Å². The zero-order valence-corrected chi connectivity index (χ0v) is 15.7. The zero-order valence-electron chi connectivity index (χ0n) is 14.9. The van der Waals surface area contributed by atoms with Crippen molar-refractivity contribution in [3.63, 3.8) is 0 Å². The topological polar surface area (TPSA) is 4.93 Å². The molecule has 0 saturated heterocycles. The minimum absolute atomic E-state index is 1.28. The lowest BCUT2D eigenvalue weighted by molar-refractivity contribution is 1.02. The van der Waals surface area contributed by atoms with Gasteiger partial charge in [-0.15, -0.1) is 11.3 Å². The van der Waals surface area contributed by atoms with E-state index in [0.29, 0.717) is 0 Å². The fraction of sp³-hybridized carbons (Fsp3) is 0.0833. The number of benzene rings is 3. The van der Waals surface area contributed by atoms with Crippen LogP contribution >= 0.6 is 11.3 Å². The third-order valence-corrected chi connectivity index (χ3v) is 6.47. The number of hydrogen-bond acceptors (Lipinski definition) is 1. The van der Waals surface area contributed by atoms with Crippen LogP contribution in [0, 0.1) is 6.92 Å². The molecule has 3 aromatic carbocycles. The molecule has 5 rings (SSSR count). The predicted molar refractivity (Wildman–Crippen MR) is 117 cm³/mol. The Hall–Kier alpha value is -2.84. The first kappa shape index (κ1) is 15.4. The van der Waals surface area contributed by atoms with Gasteiger partial charge in [-0.2, -0.15) is 0 Å². The second kappa shape index (κ2) is 5.58. The van der Waals surface area contributed by atoms with Crippen LogP contribution in [-0.2, 0) is 7.05 Å². The van der Waals surface area contributed by atoms with Crippen molar-refractivity contribution in [1.82, 2.24) is 4.57 Å². The number of hydrogen-bond donors (Lipinski definition) is 0. The summed E-state index contributed by atoms with van der Waals surface area (Å²) in [7, 11) is 2.18. The molecule has 126 valence electrons. The largest absolute Gasteiger partial charge is 0.343 e. The standard InChI is InChI=1S/C24H19NS/c1-4-5-10-16-15(2)26-24-18-12-7-6-11-17(18)23-21(22(16)24)19-13-8-9-14-20(19)25(23)3/h4-14H,1H2,2-3H3/b10-5-. The molecule has 0 bridgehead atoms. The molecule has 0 N–H and O–H groups in total. The smallest absolute Gasteiger partial charge is 0.0575 e. The van der Waals surface area contributed by atoms with E-state index in [1.807, 2.05) is 23.5 Å². The van der Waals surface area contributed by atoms with E-state index >= 15 is 0 Å². The summed E-state index contributed by atoms with van der Waals surface area (Å²) in [4.78, 5) is 1.35. The van der Waals surface area contributed by atoms with Crippen LogP contribution in [0.5, 0.6) is 0 Å². The molecule has 0 atom stereocenters. The molecule has 1 nitrogen and oxygen atoms in total. The first-order chi connectivity index (χ1) is 12.7. The highest BCUT2D eigenvalue weighted by Crippen LogP contribution is 2.46. The number of thiophene rings is 1. The van der Waals surface area contributed by atoms with Crippen LogP contribution in [0.3, 0.4) is 0 Å². The van der Waals surface area contributed by atoms with Gasteiger partial charge in [0.15, 0.2) is 0 Å². The molecular weight excluding hydrogens is 334 g/mol. The molecule has 0 radical (unpaired) electrons. The summed E-state index contributed by atoms with van der Waals surface area (Å²) in [5.41, 5.74) is 3.92. The van der Waals surface area contributed by atoms with Gasteiger partial charge in [-0.3, -0.25) is 0 Å². The fourth-order valence-electron chi connectivity index (χ4n) is 4.21. The van der Waals surface area contributed by atoms with E-state index in [0.717, 1.165) is 0 Å². The maximum atomic E-state index is 3.85. The van der Waals surface area contributed by atoms with Gasteiger partial charge in [-0.05, 0) is 18.6 Å². The van der Waals surface area contributed by atoms with Crippen LogP contribution in [0.2, 0.25) is 0 Å². The van der Waals surface area contributed by atoms with Gasteiger partial charge in [0.05, 0.1) is 5.52 Å². The molecule has 0 aliphatic heterocycles. The SMILES string of the molecule is C=C/C=C\c1c(C)sc2c3ccccc3c3c(c4ccccc4n3C)c12. The van der Waals surface area contributed by atoms with Gasteiger partial charge < -0.3 is 4.57 Å². The van der Waals surface area contributed by atoms with E-state index < -0.39 is 0 Å². The van der Waals surface area contributed by atoms with Gasteiger partial charge in [0.25, 0.3) is 0 Å². The Morgan fingerprint density at radius 1 is 0.923 bits per heavy atom. The number of aryl methyl sites for hydroxylation is 2. The Morgan fingerprint density at radius 2 is 1.62 bits per heavy atom. The van der Waals surface area contributed by atoms with E-state index in [1.54, 1.807) is 0 Å². The normalized spacial score (nSPS) is 12.2. The number of para-hydroxylation sites is 1. The predicted octanol–water partition coefficient (Wildman–Crippen LogP) is 7.21. The summed E-state index contributed by atoms with van der Waals surface area (Å²) >= 11 is 1.90. The maximum Gasteiger partial charge on any atom is 0.0575 e. The third-order valence-electron chi connectivity index (χ3n) is 5.31. The molecule has 0 aliphatic rings. The summed E-state index contributed by atoms with van der Waals surface area (Å²) in [5.74, 6) is 0. The summed E-state index contributed by atoms with van der Waals surface area (Å²) in [5, 5.41) is 6.73. The molecular formula is C24H19NS. The van der Waals surface area contributed by atoms with Crippen molar-refractivity contribution < 1.29 is 0 Å². The summed E-state index contributed by atoms with van der Waals surface area (Å²) in [6.45, 7) is 6.07. The molecule has 26 heavy (non-hydrogen) atoms. The number of rotatable bonds is 2. The third kappa shape index (κ3) is 1.91. The Kier molecular flexibility index (Phi) is 3.31. The molecule has 0 spiro atoms. The first-order valence-electron chi connectivity index (χ1n) is 8.82. The van der Waals surface area contributed by atoms with Crippen LogP contribution in [0.25, 0.3) is 48.7 Å². The van der Waals surface area contributed by atoms with Gasteiger partial charge in [-0.1, -0.05) is 67.3 Å². The van der Waals surface area contributed by atoms with E-state index in [1.165, 1.54) is 53.1 Å². The van der Waals surface area contributed by atoms with E-state index in [2.05, 4.69) is 79.7 Å². The van der Waals surface area contributed by atoms with Crippen LogP contribution < -0.4 is 0 Å². The van der Waals surface area contributed by atoms with Crippen molar-refractivity contribution in [2.75, 3.05) is 0 Å². The number of nitrogens with zero attached hydrogens (tertiary/aromatic N) is 1. The second-order valence-electron chi connectivity index (χ2n) is 6.72. The zero-order chi connectivity index (χ0) is 17.8. The Labute approximate surface area is 156 Å². The first-order valence-corrected chi connectivity index (χ1v) is 9.64. The van der Waals surface area contributed by atoms with Crippen molar-refractivity contribution in [3.8, 4) is 0 Å². The highest BCUT2D eigenvalue weighted by Gasteiger charge is 2.19. The molecule has 0 aliphatic carbocycles. The molecule has 2 aromatic heterocycles. The Morgan fingerprint density at radius 3 is 2.38 bits per heavy atom. The maximum absolute atomic E-state index is 3.85. The van der Waals surface area contributed by atoms with E-state index in [9.17, 15) is 0 Å². The molecule has 0 saturated carbocycles. The van der Waals surface area contributed by atoms with Crippen molar-refractivity contribution >= 4 is 60.1 Å². The van der Waals surface area contributed by atoms with Crippen molar-refractivity contribution in [3.05, 3.63) is 77.7 Å². The quantitative estimate of drug-likeness (QED) is 0.296. The Balaban J connectivity index is 2.20. The van der Waals surface area contributed by atoms with Crippen LogP contribution in [0.15, 0.2) is 67.3 Å². The highest BCUT2D eigenvalue weighted by atomic mass is 32.1. The van der Waals surface area contributed by atoms with Crippen molar-refractivity contribution in [2.45, 2.75) is 6.92 Å². The van der Waals surface area contributed by atoms with Gasteiger partial charge in [-0.25, -0.2) is 0 Å². The average Bonchev–Trinajstić information content (AvgIpc) is 3.15. The Bertz CT molecular complexity index is 1360. The van der Waals surface area contributed by atoms with Gasteiger partial charge in [0.2, 0.25) is 0 Å². The molecule has 2 heterocycles. The second-order valence-corrected chi connectivity index (χ2v) is 7.94. The fourth-order valence-corrected chi connectivity index (χ4v) is 5.40. The lowest BCUT2D eigenvalue weighted by Gasteiger charge is -2.06. The van der Waals surface area contributed by atoms with Gasteiger partial charge in [0.1, 0.15) is 0 Å². The lowest BCUT2D eigenvalue weighted by Crippen LogP contribution is -1.88.